The molecule has 1 fully saturated rings. The van der Waals surface area contributed by atoms with E-state index in [1.807, 2.05) is 25.8 Å². The van der Waals surface area contributed by atoms with Gasteiger partial charge in [0.25, 0.3) is 0 Å². The molecule has 1 aliphatic heterocycles. The van der Waals surface area contributed by atoms with Crippen LogP contribution in [-0.4, -0.2) is 61.4 Å². The number of halogens is 1. The van der Waals surface area contributed by atoms with Gasteiger partial charge in [0.05, 0.1) is 13.7 Å². The number of carbonyl (C=O) groups excluding carboxylic acids is 2. The molecule has 27 heavy (non-hydrogen) atoms. The fourth-order valence-corrected chi connectivity index (χ4v) is 3.41. The molecule has 0 bridgehead atoms. The van der Waals surface area contributed by atoms with Crippen molar-refractivity contribution in [3.05, 3.63) is 28.8 Å². The summed E-state index contributed by atoms with van der Waals surface area (Å²) in [5, 5.41) is 3.53. The largest absolute Gasteiger partial charge is 0.496 e. The van der Waals surface area contributed by atoms with E-state index in [-0.39, 0.29) is 23.8 Å². The molecule has 0 aliphatic carbocycles. The predicted octanol–water partition coefficient (Wildman–Crippen LogP) is 2.54. The number of methoxy groups -OCH3 is 1. The first kappa shape index (κ1) is 21.5. The Balaban J connectivity index is 1.78. The number of nitrogens with zero attached hydrogens (tertiary/aromatic N) is 2. The summed E-state index contributed by atoms with van der Waals surface area (Å²) in [5.74, 6) is 0.934. The average molecular weight is 396 g/mol. The quantitative estimate of drug-likeness (QED) is 0.770. The molecule has 1 aliphatic rings. The summed E-state index contributed by atoms with van der Waals surface area (Å²) < 4.78 is 5.30. The maximum absolute atomic E-state index is 12.4. The molecule has 2 amide bonds. The summed E-state index contributed by atoms with van der Waals surface area (Å²) in [6.45, 7) is 6.27. The van der Waals surface area contributed by atoms with Gasteiger partial charge < -0.3 is 15.0 Å². The Morgan fingerprint density at radius 3 is 2.59 bits per heavy atom. The maximum atomic E-state index is 12.4. The second-order valence-corrected chi connectivity index (χ2v) is 7.76. The number of likely N-dealkylation sites (tertiary alicyclic amines) is 1. The maximum Gasteiger partial charge on any atom is 0.234 e. The smallest absolute Gasteiger partial charge is 0.234 e. The third-order valence-electron chi connectivity index (χ3n) is 5.14. The Morgan fingerprint density at radius 1 is 1.33 bits per heavy atom. The van der Waals surface area contributed by atoms with E-state index in [1.54, 1.807) is 25.3 Å². The van der Waals surface area contributed by atoms with E-state index >= 15 is 0 Å². The zero-order valence-corrected chi connectivity index (χ0v) is 17.4. The minimum absolute atomic E-state index is 0.0406. The monoisotopic (exact) mass is 395 g/mol. The minimum atomic E-state index is -0.0406. The van der Waals surface area contributed by atoms with Crippen LogP contribution in [0.3, 0.4) is 0 Å². The van der Waals surface area contributed by atoms with E-state index in [9.17, 15) is 9.59 Å². The number of benzene rings is 1. The van der Waals surface area contributed by atoms with Crippen LogP contribution in [0.25, 0.3) is 0 Å². The van der Waals surface area contributed by atoms with Crippen LogP contribution in [0.4, 0.5) is 0 Å². The van der Waals surface area contributed by atoms with Gasteiger partial charge in [0.2, 0.25) is 11.8 Å². The Bertz CT molecular complexity index is 658. The Labute approximate surface area is 166 Å². The molecule has 150 valence electrons. The van der Waals surface area contributed by atoms with Crippen molar-refractivity contribution in [2.75, 3.05) is 33.8 Å². The topological polar surface area (TPSA) is 61.9 Å². The molecule has 1 aromatic rings. The van der Waals surface area contributed by atoms with Crippen LogP contribution in [0.5, 0.6) is 5.75 Å². The molecule has 6 nitrogen and oxygen atoms in total. The van der Waals surface area contributed by atoms with Crippen molar-refractivity contribution in [1.82, 2.24) is 15.1 Å². The van der Waals surface area contributed by atoms with Crippen LogP contribution in [-0.2, 0) is 16.1 Å². The average Bonchev–Trinajstić information content (AvgIpc) is 2.65. The van der Waals surface area contributed by atoms with E-state index in [4.69, 9.17) is 16.3 Å². The summed E-state index contributed by atoms with van der Waals surface area (Å²) in [7, 11) is 3.45. The summed E-state index contributed by atoms with van der Waals surface area (Å²) in [4.78, 5) is 28.6. The van der Waals surface area contributed by atoms with Crippen LogP contribution in [0.2, 0.25) is 5.02 Å². The van der Waals surface area contributed by atoms with Crippen molar-refractivity contribution in [3.63, 3.8) is 0 Å². The lowest BCUT2D eigenvalue weighted by atomic mass is 9.95. The highest BCUT2D eigenvalue weighted by molar-refractivity contribution is 6.30. The molecule has 1 heterocycles. The summed E-state index contributed by atoms with van der Waals surface area (Å²) >= 11 is 6.02. The fourth-order valence-electron chi connectivity index (χ4n) is 3.22. The van der Waals surface area contributed by atoms with Crippen LogP contribution in [0, 0.1) is 5.92 Å². The van der Waals surface area contributed by atoms with E-state index in [0.717, 1.165) is 31.5 Å². The van der Waals surface area contributed by atoms with Gasteiger partial charge in [-0.15, -0.1) is 0 Å². The first-order chi connectivity index (χ1) is 12.8. The molecule has 2 rings (SSSR count). The van der Waals surface area contributed by atoms with Crippen molar-refractivity contribution < 1.29 is 14.3 Å². The van der Waals surface area contributed by atoms with Crippen LogP contribution in [0.15, 0.2) is 18.2 Å². The van der Waals surface area contributed by atoms with Crippen LogP contribution < -0.4 is 10.1 Å². The van der Waals surface area contributed by atoms with Crippen molar-refractivity contribution in [2.24, 2.45) is 5.92 Å². The van der Waals surface area contributed by atoms with Gasteiger partial charge in [-0.3, -0.25) is 14.5 Å². The molecule has 1 saturated heterocycles. The first-order valence-corrected chi connectivity index (χ1v) is 9.77. The number of rotatable bonds is 7. The number of nitrogens with one attached hydrogen (secondary N) is 1. The van der Waals surface area contributed by atoms with E-state index in [1.165, 1.54) is 0 Å². The van der Waals surface area contributed by atoms with Gasteiger partial charge in [-0.25, -0.2) is 0 Å². The number of piperidine rings is 1. The molecule has 0 aromatic heterocycles. The fraction of sp³-hybridized carbons (Fsp3) is 0.600. The second kappa shape index (κ2) is 9.95. The van der Waals surface area contributed by atoms with Gasteiger partial charge in [-0.2, -0.15) is 0 Å². The zero-order chi connectivity index (χ0) is 20.0. The molecule has 0 unspecified atom stereocenters. The van der Waals surface area contributed by atoms with Crippen molar-refractivity contribution in [2.45, 2.75) is 39.3 Å². The zero-order valence-electron chi connectivity index (χ0n) is 16.6. The van der Waals surface area contributed by atoms with Crippen molar-refractivity contribution in [1.29, 1.82) is 0 Å². The lowest BCUT2D eigenvalue weighted by molar-refractivity contribution is -0.137. The van der Waals surface area contributed by atoms with Gasteiger partial charge >= 0.3 is 0 Å². The Kier molecular flexibility index (Phi) is 7.92. The van der Waals surface area contributed by atoms with Gasteiger partial charge in [-0.05, 0) is 58.0 Å². The number of ether oxygens (including phenoxy) is 1. The standard InChI is InChI=1S/C20H30ClN3O3/c1-14(2)23(3)20(26)15-7-9-24(10-8-15)13-19(25)22-12-16-11-17(21)5-6-18(16)27-4/h5-6,11,14-15H,7-10,12-13H2,1-4H3,(H,22,25). The highest BCUT2D eigenvalue weighted by Gasteiger charge is 2.28. The Hall–Kier alpha value is -1.79. The highest BCUT2D eigenvalue weighted by atomic mass is 35.5. The predicted molar refractivity (Wildman–Crippen MR) is 107 cm³/mol. The van der Waals surface area contributed by atoms with Crippen LogP contribution in [0.1, 0.15) is 32.3 Å². The van der Waals surface area contributed by atoms with E-state index in [0.29, 0.717) is 23.9 Å². The van der Waals surface area contributed by atoms with Crippen molar-refractivity contribution >= 4 is 23.4 Å². The molecule has 0 saturated carbocycles. The SMILES string of the molecule is COc1ccc(Cl)cc1CNC(=O)CN1CCC(C(=O)N(C)C(C)C)CC1. The third kappa shape index (κ3) is 6.11. The second-order valence-electron chi connectivity index (χ2n) is 7.33. The minimum Gasteiger partial charge on any atom is -0.496 e. The molecule has 0 spiro atoms. The Morgan fingerprint density at radius 2 is 2.00 bits per heavy atom. The highest BCUT2D eigenvalue weighted by Crippen LogP contribution is 2.23. The lowest BCUT2D eigenvalue weighted by Crippen LogP contribution is -2.45. The lowest BCUT2D eigenvalue weighted by Gasteiger charge is -2.33. The van der Waals surface area contributed by atoms with Gasteiger partial charge in [0, 0.05) is 36.1 Å². The molecule has 1 aromatic carbocycles. The summed E-state index contributed by atoms with van der Waals surface area (Å²) in [6, 6.07) is 5.56. The number of amides is 2. The molecule has 1 N–H and O–H groups in total. The molecular weight excluding hydrogens is 366 g/mol. The molecule has 7 heteroatoms. The first-order valence-electron chi connectivity index (χ1n) is 9.40. The number of hydrogen-bond acceptors (Lipinski definition) is 4. The summed E-state index contributed by atoms with van der Waals surface area (Å²) in [6.07, 6.45) is 1.59. The molecular formula is C20H30ClN3O3. The van der Waals surface area contributed by atoms with Gasteiger partial charge in [0.1, 0.15) is 5.75 Å². The van der Waals surface area contributed by atoms with Crippen molar-refractivity contribution in [3.8, 4) is 5.75 Å². The van der Waals surface area contributed by atoms with Gasteiger partial charge in [0.15, 0.2) is 0 Å². The van der Waals surface area contributed by atoms with Gasteiger partial charge in [-0.1, -0.05) is 11.6 Å². The number of carbonyl (C=O) groups is 2. The normalized spacial score (nSPS) is 15.6. The number of hydrogen-bond donors (Lipinski definition) is 1. The summed E-state index contributed by atoms with van der Waals surface area (Å²) in [5.41, 5.74) is 0.847. The molecule has 0 radical (unpaired) electrons. The van der Waals surface area contributed by atoms with E-state index < -0.39 is 0 Å². The van der Waals surface area contributed by atoms with E-state index in [2.05, 4.69) is 10.2 Å². The third-order valence-corrected chi connectivity index (χ3v) is 5.38. The van der Waals surface area contributed by atoms with Crippen LogP contribution >= 0.6 is 11.6 Å². The molecule has 0 atom stereocenters.